The van der Waals surface area contributed by atoms with Crippen LogP contribution >= 0.6 is 0 Å². The van der Waals surface area contributed by atoms with Gasteiger partial charge in [-0.05, 0) is 6.42 Å². The Balaban J connectivity index is 2.93. The molecule has 1 rings (SSSR count). The molecule has 0 aliphatic carbocycles. The molecule has 1 fully saturated rings. The van der Waals surface area contributed by atoms with Gasteiger partial charge < -0.3 is 10.2 Å². The minimum atomic E-state index is -2.44. The van der Waals surface area contributed by atoms with Crippen LogP contribution in [0.3, 0.4) is 0 Å². The van der Waals surface area contributed by atoms with Crippen molar-refractivity contribution in [2.24, 2.45) is 5.92 Å². The number of carbonyl (C=O) groups is 3. The van der Waals surface area contributed by atoms with Gasteiger partial charge in [0.05, 0.1) is 0 Å². The van der Waals surface area contributed by atoms with Gasteiger partial charge in [-0.25, -0.2) is 4.79 Å². The summed E-state index contributed by atoms with van der Waals surface area (Å²) < 4.78 is 0. The second-order valence-electron chi connectivity index (χ2n) is 2.97. The van der Waals surface area contributed by atoms with Crippen molar-refractivity contribution in [3.8, 4) is 0 Å². The van der Waals surface area contributed by atoms with Gasteiger partial charge in [0.1, 0.15) is 0 Å². The Morgan fingerprint density at radius 3 is 2.00 bits per heavy atom. The maximum atomic E-state index is 11.1. The molecule has 0 atom stereocenters. The first-order valence-electron chi connectivity index (χ1n) is 3.99. The summed E-state index contributed by atoms with van der Waals surface area (Å²) >= 11 is 0. The first kappa shape index (κ1) is 10.6. The fourth-order valence-corrected chi connectivity index (χ4v) is 1.14. The first-order valence-corrected chi connectivity index (χ1v) is 3.99. The third-order valence-corrected chi connectivity index (χ3v) is 1.98. The highest BCUT2D eigenvalue weighted by atomic mass is 16.5. The molecule has 0 aromatic heterocycles. The zero-order chi connectivity index (χ0) is 10.9. The largest absolute Gasteiger partial charge is 0.365 e. The van der Waals surface area contributed by atoms with Crippen molar-refractivity contribution < 1.29 is 24.6 Å². The lowest BCUT2D eigenvalue weighted by atomic mass is 9.93. The molecule has 0 radical (unpaired) electrons. The number of barbiturate groups is 1. The van der Waals surface area contributed by atoms with Crippen LogP contribution in [-0.2, 0) is 9.59 Å². The summed E-state index contributed by atoms with van der Waals surface area (Å²) in [4.78, 5) is 32.8. The third kappa shape index (κ3) is 1.73. The summed E-state index contributed by atoms with van der Waals surface area (Å²) in [7, 11) is 0. The van der Waals surface area contributed by atoms with E-state index in [2.05, 4.69) is 0 Å². The molecule has 0 bridgehead atoms. The van der Waals surface area contributed by atoms with E-state index >= 15 is 0 Å². The molecule has 7 nitrogen and oxygen atoms in total. The van der Waals surface area contributed by atoms with Gasteiger partial charge in [-0.3, -0.25) is 20.2 Å². The van der Waals surface area contributed by atoms with Crippen LogP contribution in [0.15, 0.2) is 0 Å². The molecule has 0 unspecified atom stereocenters. The summed E-state index contributed by atoms with van der Waals surface area (Å²) in [6.07, 6.45) is -0.202. The molecule has 78 valence electrons. The summed E-state index contributed by atoms with van der Waals surface area (Å²) in [5.41, 5.74) is 0. The van der Waals surface area contributed by atoms with E-state index in [4.69, 9.17) is 0 Å². The van der Waals surface area contributed by atoms with Gasteiger partial charge in [0.25, 0.3) is 0 Å². The lowest BCUT2D eigenvalue weighted by Crippen LogP contribution is -2.62. The van der Waals surface area contributed by atoms with Crippen molar-refractivity contribution in [3.05, 3.63) is 0 Å². The van der Waals surface area contributed by atoms with Crippen LogP contribution in [0.4, 0.5) is 4.79 Å². The minimum absolute atomic E-state index is 0.202. The van der Waals surface area contributed by atoms with E-state index in [1.54, 1.807) is 10.6 Å². The molecule has 0 saturated carbocycles. The highest BCUT2D eigenvalue weighted by molar-refractivity contribution is 6.16. The quantitative estimate of drug-likeness (QED) is 0.307. The maximum absolute atomic E-state index is 11.1. The smallest absolute Gasteiger partial charge is 0.328 e. The molecular formula is C7H10N2O5. The molecule has 14 heavy (non-hydrogen) atoms. The molecule has 7 heteroatoms. The van der Waals surface area contributed by atoms with Crippen LogP contribution in [0.1, 0.15) is 13.3 Å². The molecule has 0 aromatic carbocycles. The van der Waals surface area contributed by atoms with Crippen LogP contribution in [0.25, 0.3) is 0 Å². The van der Waals surface area contributed by atoms with Crippen molar-refractivity contribution in [2.45, 2.75) is 19.1 Å². The standard InChI is InChI=1S/C7H10N2O5/c1-2-7(13,14)3-4(10)8-6(12)9-5(3)11/h3,13-14H,2H2,1H3,(H2,8,9,10,11,12). The summed E-state index contributed by atoms with van der Waals surface area (Å²) in [5, 5.41) is 22.1. The second kappa shape index (κ2) is 3.35. The van der Waals surface area contributed by atoms with Crippen LogP contribution < -0.4 is 10.6 Å². The van der Waals surface area contributed by atoms with Gasteiger partial charge in [-0.15, -0.1) is 0 Å². The summed E-state index contributed by atoms with van der Waals surface area (Å²) in [6.45, 7) is 1.40. The Bertz CT molecular complexity index is 278. The fourth-order valence-electron chi connectivity index (χ4n) is 1.14. The molecule has 0 aromatic rings. The maximum Gasteiger partial charge on any atom is 0.328 e. The Morgan fingerprint density at radius 2 is 1.64 bits per heavy atom. The van der Waals surface area contributed by atoms with Gasteiger partial charge >= 0.3 is 6.03 Å². The normalized spacial score (nSPS) is 19.2. The number of hydrogen-bond acceptors (Lipinski definition) is 5. The number of rotatable bonds is 2. The highest BCUT2D eigenvalue weighted by Gasteiger charge is 2.47. The van der Waals surface area contributed by atoms with E-state index in [0.29, 0.717) is 0 Å². The van der Waals surface area contributed by atoms with E-state index in [9.17, 15) is 24.6 Å². The van der Waals surface area contributed by atoms with Gasteiger partial charge in [0.2, 0.25) is 11.8 Å². The van der Waals surface area contributed by atoms with Crippen molar-refractivity contribution in [2.75, 3.05) is 0 Å². The highest BCUT2D eigenvalue weighted by Crippen LogP contribution is 2.20. The SMILES string of the molecule is CCC(O)(O)C1C(=O)NC(=O)NC1=O. The van der Waals surface area contributed by atoms with E-state index in [0.717, 1.165) is 0 Å². The predicted molar refractivity (Wildman–Crippen MR) is 42.6 cm³/mol. The number of hydrogen-bond donors (Lipinski definition) is 4. The molecule has 1 aliphatic rings. The zero-order valence-corrected chi connectivity index (χ0v) is 7.40. The van der Waals surface area contributed by atoms with Crippen molar-refractivity contribution >= 4 is 17.8 Å². The predicted octanol–water partition coefficient (Wildman–Crippen LogP) is -1.94. The monoisotopic (exact) mass is 202 g/mol. The minimum Gasteiger partial charge on any atom is -0.365 e. The average molecular weight is 202 g/mol. The van der Waals surface area contributed by atoms with Gasteiger partial charge in [0, 0.05) is 0 Å². The van der Waals surface area contributed by atoms with Crippen LogP contribution in [0.5, 0.6) is 0 Å². The van der Waals surface area contributed by atoms with Gasteiger partial charge in [0.15, 0.2) is 11.7 Å². The summed E-state index contributed by atoms with van der Waals surface area (Å²) in [5.74, 6) is -6.13. The average Bonchev–Trinajstić information content (AvgIpc) is 2.01. The Morgan fingerprint density at radius 1 is 1.21 bits per heavy atom. The number of amides is 4. The number of aliphatic hydroxyl groups is 2. The van der Waals surface area contributed by atoms with E-state index in [1.165, 1.54) is 6.92 Å². The molecule has 1 aliphatic heterocycles. The number of urea groups is 1. The first-order chi connectivity index (χ1) is 6.38. The Kier molecular flexibility index (Phi) is 2.54. The van der Waals surface area contributed by atoms with Crippen molar-refractivity contribution in [3.63, 3.8) is 0 Å². The lowest BCUT2D eigenvalue weighted by molar-refractivity contribution is -0.204. The van der Waals surface area contributed by atoms with Crippen molar-refractivity contribution in [1.29, 1.82) is 0 Å². The van der Waals surface area contributed by atoms with E-state index < -0.39 is 29.6 Å². The molecular weight excluding hydrogens is 192 g/mol. The van der Waals surface area contributed by atoms with Crippen molar-refractivity contribution in [1.82, 2.24) is 10.6 Å². The molecule has 0 spiro atoms. The third-order valence-electron chi connectivity index (χ3n) is 1.98. The van der Waals surface area contributed by atoms with E-state index in [1.807, 2.05) is 0 Å². The Hall–Kier alpha value is -1.47. The number of nitrogens with one attached hydrogen (secondary N) is 2. The molecule has 1 saturated heterocycles. The Labute approximate surface area is 79.1 Å². The lowest BCUT2D eigenvalue weighted by Gasteiger charge is -2.30. The van der Waals surface area contributed by atoms with E-state index in [-0.39, 0.29) is 6.42 Å². The topological polar surface area (TPSA) is 116 Å². The van der Waals surface area contributed by atoms with Gasteiger partial charge in [-0.1, -0.05) is 6.92 Å². The second-order valence-corrected chi connectivity index (χ2v) is 2.97. The molecule has 4 amide bonds. The number of carbonyl (C=O) groups excluding carboxylic acids is 3. The van der Waals surface area contributed by atoms with Crippen LogP contribution in [0.2, 0.25) is 0 Å². The van der Waals surface area contributed by atoms with Gasteiger partial charge in [-0.2, -0.15) is 0 Å². The van der Waals surface area contributed by atoms with Crippen LogP contribution in [-0.4, -0.2) is 33.8 Å². The van der Waals surface area contributed by atoms with Crippen LogP contribution in [0, 0.1) is 5.92 Å². The zero-order valence-electron chi connectivity index (χ0n) is 7.40. The molecule has 4 N–H and O–H groups in total. The molecule has 1 heterocycles. The number of imide groups is 2. The fraction of sp³-hybridized carbons (Fsp3) is 0.571. The summed E-state index contributed by atoms with van der Waals surface area (Å²) in [6, 6.07) is -0.955.